The number of esters is 1. The molecule has 0 saturated carbocycles. The minimum Gasteiger partial charge on any atom is -0.481 e. The van der Waals surface area contributed by atoms with Gasteiger partial charge in [0, 0.05) is 12.0 Å². The van der Waals surface area contributed by atoms with Gasteiger partial charge in [-0.3, -0.25) is 4.79 Å². The second kappa shape index (κ2) is 5.35. The summed E-state index contributed by atoms with van der Waals surface area (Å²) in [7, 11) is 0. The number of carbonyl (C=O) groups is 2. The number of rotatable bonds is 5. The zero-order chi connectivity index (χ0) is 10.4. The molecule has 0 aliphatic heterocycles. The maximum Gasteiger partial charge on any atom is 0.333 e. The molecule has 0 heterocycles. The maximum absolute atomic E-state index is 11.1. The van der Waals surface area contributed by atoms with Crippen molar-refractivity contribution in [1.29, 1.82) is 0 Å². The van der Waals surface area contributed by atoms with Crippen molar-refractivity contribution in [3.8, 4) is 0 Å². The van der Waals surface area contributed by atoms with E-state index in [1.54, 1.807) is 13.8 Å². The average molecular weight is 186 g/mol. The van der Waals surface area contributed by atoms with Crippen LogP contribution in [0.5, 0.6) is 0 Å². The normalized spacial score (nSPS) is 9.77. The minimum absolute atomic E-state index is 0.0912. The van der Waals surface area contributed by atoms with Crippen LogP contribution in [0.1, 0.15) is 26.7 Å². The zero-order valence-electron chi connectivity index (χ0n) is 7.87. The van der Waals surface area contributed by atoms with E-state index in [4.69, 9.17) is 9.84 Å². The molecule has 1 N–H and O–H groups in total. The molecule has 0 radical (unpaired) electrons. The van der Waals surface area contributed by atoms with Crippen LogP contribution in [0, 0.1) is 0 Å². The fourth-order valence-corrected chi connectivity index (χ4v) is 0.657. The first-order valence-electron chi connectivity index (χ1n) is 4.04. The SMILES string of the molecule is C=C(CCC(=O)O)C(=O)OC(C)C. The van der Waals surface area contributed by atoms with Crippen LogP contribution in [0.15, 0.2) is 12.2 Å². The van der Waals surface area contributed by atoms with Crippen LogP contribution >= 0.6 is 0 Å². The molecule has 0 aromatic carbocycles. The van der Waals surface area contributed by atoms with Crippen LogP contribution in [-0.2, 0) is 14.3 Å². The summed E-state index contributed by atoms with van der Waals surface area (Å²) in [5.41, 5.74) is 0.205. The zero-order valence-corrected chi connectivity index (χ0v) is 7.87. The fourth-order valence-electron chi connectivity index (χ4n) is 0.657. The summed E-state index contributed by atoms with van der Waals surface area (Å²) in [6.45, 7) is 6.89. The molecule has 4 nitrogen and oxygen atoms in total. The molecule has 0 saturated heterocycles. The Bertz CT molecular complexity index is 218. The molecule has 0 aliphatic rings. The van der Waals surface area contributed by atoms with Crippen molar-refractivity contribution >= 4 is 11.9 Å². The van der Waals surface area contributed by atoms with Gasteiger partial charge >= 0.3 is 11.9 Å². The number of ether oxygens (including phenoxy) is 1. The van der Waals surface area contributed by atoms with E-state index in [1.165, 1.54) is 0 Å². The van der Waals surface area contributed by atoms with Gasteiger partial charge in [-0.05, 0) is 20.3 Å². The van der Waals surface area contributed by atoms with Crippen molar-refractivity contribution in [1.82, 2.24) is 0 Å². The Kier molecular flexibility index (Phi) is 4.80. The molecule has 0 rings (SSSR count). The lowest BCUT2D eigenvalue weighted by atomic mass is 10.2. The highest BCUT2D eigenvalue weighted by molar-refractivity contribution is 5.88. The van der Waals surface area contributed by atoms with Crippen LogP contribution in [0.25, 0.3) is 0 Å². The topological polar surface area (TPSA) is 63.6 Å². The van der Waals surface area contributed by atoms with Crippen molar-refractivity contribution in [2.45, 2.75) is 32.8 Å². The molecule has 0 aliphatic carbocycles. The molecule has 0 atom stereocenters. The van der Waals surface area contributed by atoms with Crippen molar-refractivity contribution in [2.24, 2.45) is 0 Å². The van der Waals surface area contributed by atoms with Crippen molar-refractivity contribution in [3.05, 3.63) is 12.2 Å². The second-order valence-electron chi connectivity index (χ2n) is 2.95. The highest BCUT2D eigenvalue weighted by atomic mass is 16.5. The number of carboxylic acid groups (broad SMARTS) is 1. The summed E-state index contributed by atoms with van der Waals surface area (Å²) in [6, 6.07) is 0. The van der Waals surface area contributed by atoms with E-state index in [1.807, 2.05) is 0 Å². The standard InChI is InChI=1S/C9H14O4/c1-6(2)13-9(12)7(3)4-5-8(10)11/h6H,3-5H2,1-2H3,(H,10,11). The van der Waals surface area contributed by atoms with Crippen LogP contribution < -0.4 is 0 Å². The molecular formula is C9H14O4. The van der Waals surface area contributed by atoms with Crippen LogP contribution in [-0.4, -0.2) is 23.1 Å². The van der Waals surface area contributed by atoms with Crippen LogP contribution in [0.2, 0.25) is 0 Å². The van der Waals surface area contributed by atoms with E-state index >= 15 is 0 Å². The lowest BCUT2D eigenvalue weighted by molar-refractivity contribution is -0.142. The Balaban J connectivity index is 3.83. The van der Waals surface area contributed by atoms with E-state index < -0.39 is 11.9 Å². The molecule has 0 spiro atoms. The number of carbonyl (C=O) groups excluding carboxylic acids is 1. The van der Waals surface area contributed by atoms with Crippen LogP contribution in [0.3, 0.4) is 0 Å². The average Bonchev–Trinajstić information content (AvgIpc) is 1.98. The number of hydrogen-bond donors (Lipinski definition) is 1. The number of hydrogen-bond acceptors (Lipinski definition) is 3. The van der Waals surface area contributed by atoms with Crippen molar-refractivity contribution in [2.75, 3.05) is 0 Å². The Morgan fingerprint density at radius 1 is 1.38 bits per heavy atom. The quantitative estimate of drug-likeness (QED) is 0.520. The summed E-state index contributed by atoms with van der Waals surface area (Å²) in [4.78, 5) is 21.2. The summed E-state index contributed by atoms with van der Waals surface area (Å²) in [5, 5.41) is 8.33. The maximum atomic E-state index is 11.1. The molecule has 4 heteroatoms. The summed E-state index contributed by atoms with van der Waals surface area (Å²) >= 11 is 0. The Morgan fingerprint density at radius 2 is 1.92 bits per heavy atom. The Morgan fingerprint density at radius 3 is 2.31 bits per heavy atom. The molecule has 0 fully saturated rings. The lowest BCUT2D eigenvalue weighted by Crippen LogP contribution is -2.13. The van der Waals surface area contributed by atoms with Crippen molar-refractivity contribution in [3.63, 3.8) is 0 Å². The van der Waals surface area contributed by atoms with Gasteiger partial charge in [0.25, 0.3) is 0 Å². The second-order valence-corrected chi connectivity index (χ2v) is 2.95. The first kappa shape index (κ1) is 11.7. The van der Waals surface area contributed by atoms with Crippen LogP contribution in [0.4, 0.5) is 0 Å². The molecule has 0 unspecified atom stereocenters. The monoisotopic (exact) mass is 186 g/mol. The Hall–Kier alpha value is -1.32. The van der Waals surface area contributed by atoms with Gasteiger partial charge in [-0.25, -0.2) is 4.79 Å². The highest BCUT2D eigenvalue weighted by Gasteiger charge is 2.11. The third kappa shape index (κ3) is 5.90. The largest absolute Gasteiger partial charge is 0.481 e. The summed E-state index contributed by atoms with van der Waals surface area (Å²) in [6.07, 6.45) is -0.151. The smallest absolute Gasteiger partial charge is 0.333 e. The van der Waals surface area contributed by atoms with E-state index in [-0.39, 0.29) is 24.5 Å². The van der Waals surface area contributed by atoms with E-state index in [9.17, 15) is 9.59 Å². The van der Waals surface area contributed by atoms with E-state index in [0.717, 1.165) is 0 Å². The predicted octanol–water partition coefficient (Wildman–Crippen LogP) is 1.36. The lowest BCUT2D eigenvalue weighted by Gasteiger charge is -2.08. The van der Waals surface area contributed by atoms with Gasteiger partial charge in [0.2, 0.25) is 0 Å². The molecule has 0 amide bonds. The highest BCUT2D eigenvalue weighted by Crippen LogP contribution is 2.06. The summed E-state index contributed by atoms with van der Waals surface area (Å²) in [5.74, 6) is -1.46. The number of aliphatic carboxylic acids is 1. The number of carboxylic acids is 1. The van der Waals surface area contributed by atoms with E-state index in [0.29, 0.717) is 0 Å². The molecule has 0 aromatic heterocycles. The van der Waals surface area contributed by atoms with Gasteiger partial charge in [0.15, 0.2) is 0 Å². The molecular weight excluding hydrogens is 172 g/mol. The molecule has 0 bridgehead atoms. The van der Waals surface area contributed by atoms with Gasteiger partial charge < -0.3 is 9.84 Å². The van der Waals surface area contributed by atoms with Gasteiger partial charge in [-0.15, -0.1) is 0 Å². The van der Waals surface area contributed by atoms with Gasteiger partial charge in [0.1, 0.15) is 0 Å². The third-order valence-corrected chi connectivity index (χ3v) is 1.27. The fraction of sp³-hybridized carbons (Fsp3) is 0.556. The Labute approximate surface area is 77.2 Å². The third-order valence-electron chi connectivity index (χ3n) is 1.27. The van der Waals surface area contributed by atoms with Gasteiger partial charge in [-0.2, -0.15) is 0 Å². The van der Waals surface area contributed by atoms with Gasteiger partial charge in [-0.1, -0.05) is 6.58 Å². The summed E-state index contributed by atoms with van der Waals surface area (Å²) < 4.78 is 4.81. The predicted molar refractivity (Wildman–Crippen MR) is 47.2 cm³/mol. The van der Waals surface area contributed by atoms with Crippen molar-refractivity contribution < 1.29 is 19.4 Å². The first-order valence-corrected chi connectivity index (χ1v) is 4.04. The molecule has 0 aromatic rings. The first-order chi connectivity index (χ1) is 5.93. The van der Waals surface area contributed by atoms with E-state index in [2.05, 4.69) is 6.58 Å². The van der Waals surface area contributed by atoms with Gasteiger partial charge in [0.05, 0.1) is 6.10 Å². The molecule has 74 valence electrons. The molecule has 13 heavy (non-hydrogen) atoms. The minimum atomic E-state index is -0.946.